The van der Waals surface area contributed by atoms with Crippen LogP contribution in [-0.2, 0) is 7.05 Å². The van der Waals surface area contributed by atoms with Crippen molar-refractivity contribution in [1.82, 2.24) is 4.57 Å². The second-order valence-electron chi connectivity index (χ2n) is 5.17. The van der Waals surface area contributed by atoms with E-state index >= 15 is 0 Å². The molecule has 106 valence electrons. The van der Waals surface area contributed by atoms with Gasteiger partial charge in [0.15, 0.2) is 0 Å². The van der Waals surface area contributed by atoms with Crippen molar-refractivity contribution >= 4 is 28.2 Å². The highest BCUT2D eigenvalue weighted by atomic mass is 16.1. The van der Waals surface area contributed by atoms with Crippen LogP contribution in [0.15, 0.2) is 48.5 Å². The predicted octanol–water partition coefficient (Wildman–Crippen LogP) is 3.32. The molecule has 1 heterocycles. The molecule has 4 nitrogen and oxygen atoms in total. The fourth-order valence-electron chi connectivity index (χ4n) is 2.42. The number of rotatable bonds is 2. The quantitative estimate of drug-likeness (QED) is 0.707. The zero-order valence-electron chi connectivity index (χ0n) is 12.1. The van der Waals surface area contributed by atoms with Gasteiger partial charge < -0.3 is 15.6 Å². The highest BCUT2D eigenvalue weighted by molar-refractivity contribution is 6.06. The monoisotopic (exact) mass is 279 g/mol. The Kier molecular flexibility index (Phi) is 3.14. The van der Waals surface area contributed by atoms with Gasteiger partial charge in [-0.15, -0.1) is 0 Å². The molecule has 0 aliphatic carbocycles. The van der Waals surface area contributed by atoms with Crippen molar-refractivity contribution in [3.8, 4) is 0 Å². The summed E-state index contributed by atoms with van der Waals surface area (Å²) in [6, 6.07) is 15.3. The maximum absolute atomic E-state index is 12.4. The standard InChI is InChI=1S/C17H17N3O/c1-11-7-8-13(10-14(11)18)19-17(21)16-9-12-5-3-4-6-15(12)20(16)2/h3-10H,18H2,1-2H3,(H,19,21). The van der Waals surface area contributed by atoms with Crippen molar-refractivity contribution in [2.24, 2.45) is 7.05 Å². The third kappa shape index (κ3) is 2.36. The number of carbonyl (C=O) groups is 1. The SMILES string of the molecule is Cc1ccc(NC(=O)c2cc3ccccc3n2C)cc1N. The van der Waals surface area contributed by atoms with E-state index < -0.39 is 0 Å². The number of nitrogens with two attached hydrogens (primary N) is 1. The summed E-state index contributed by atoms with van der Waals surface area (Å²) in [6.07, 6.45) is 0. The number of anilines is 2. The first-order valence-electron chi connectivity index (χ1n) is 6.78. The minimum atomic E-state index is -0.142. The number of aryl methyl sites for hydroxylation is 2. The summed E-state index contributed by atoms with van der Waals surface area (Å²) in [5.74, 6) is -0.142. The Balaban J connectivity index is 1.93. The molecule has 0 saturated carbocycles. The van der Waals surface area contributed by atoms with Gasteiger partial charge in [0, 0.05) is 29.3 Å². The molecule has 2 aromatic carbocycles. The summed E-state index contributed by atoms with van der Waals surface area (Å²) in [6.45, 7) is 1.94. The Morgan fingerprint density at radius 3 is 2.62 bits per heavy atom. The molecule has 3 aromatic rings. The van der Waals surface area contributed by atoms with Crippen LogP contribution in [0.5, 0.6) is 0 Å². The maximum Gasteiger partial charge on any atom is 0.272 e. The van der Waals surface area contributed by atoms with E-state index in [9.17, 15) is 4.79 Å². The molecule has 0 aliphatic heterocycles. The third-order valence-corrected chi connectivity index (χ3v) is 3.72. The number of amides is 1. The minimum absolute atomic E-state index is 0.142. The zero-order valence-corrected chi connectivity index (χ0v) is 12.1. The smallest absolute Gasteiger partial charge is 0.272 e. The van der Waals surface area contributed by atoms with Crippen LogP contribution in [0.1, 0.15) is 16.1 Å². The summed E-state index contributed by atoms with van der Waals surface area (Å²) in [5, 5.41) is 3.94. The highest BCUT2D eigenvalue weighted by Gasteiger charge is 2.13. The number of nitrogen functional groups attached to an aromatic ring is 1. The van der Waals surface area contributed by atoms with Gasteiger partial charge in [0.25, 0.3) is 5.91 Å². The van der Waals surface area contributed by atoms with Gasteiger partial charge in [0.05, 0.1) is 0 Å². The van der Waals surface area contributed by atoms with E-state index in [0.29, 0.717) is 17.1 Å². The van der Waals surface area contributed by atoms with Gasteiger partial charge in [0.1, 0.15) is 5.69 Å². The van der Waals surface area contributed by atoms with E-state index in [-0.39, 0.29) is 5.91 Å². The molecular formula is C17H17N3O. The van der Waals surface area contributed by atoms with E-state index in [0.717, 1.165) is 16.5 Å². The molecule has 3 N–H and O–H groups in total. The van der Waals surface area contributed by atoms with Crippen LogP contribution < -0.4 is 11.1 Å². The number of nitrogens with one attached hydrogen (secondary N) is 1. The number of hydrogen-bond acceptors (Lipinski definition) is 2. The van der Waals surface area contributed by atoms with Gasteiger partial charge in [-0.2, -0.15) is 0 Å². The van der Waals surface area contributed by atoms with Crippen molar-refractivity contribution in [3.63, 3.8) is 0 Å². The predicted molar refractivity (Wildman–Crippen MR) is 86.5 cm³/mol. The summed E-state index contributed by atoms with van der Waals surface area (Å²) in [7, 11) is 1.89. The Labute approximate surface area is 123 Å². The first-order chi connectivity index (χ1) is 10.1. The number of nitrogens with zero attached hydrogens (tertiary/aromatic N) is 1. The molecule has 1 aromatic heterocycles. The Morgan fingerprint density at radius 1 is 1.14 bits per heavy atom. The number of aromatic nitrogens is 1. The van der Waals surface area contributed by atoms with Crippen molar-refractivity contribution in [3.05, 3.63) is 59.8 Å². The lowest BCUT2D eigenvalue weighted by molar-refractivity contribution is 0.102. The molecule has 0 radical (unpaired) electrons. The van der Waals surface area contributed by atoms with E-state index in [2.05, 4.69) is 5.32 Å². The lowest BCUT2D eigenvalue weighted by Gasteiger charge is -2.08. The van der Waals surface area contributed by atoms with Crippen molar-refractivity contribution < 1.29 is 4.79 Å². The van der Waals surface area contributed by atoms with E-state index in [4.69, 9.17) is 5.73 Å². The van der Waals surface area contributed by atoms with Crippen LogP contribution in [0.4, 0.5) is 11.4 Å². The van der Waals surface area contributed by atoms with Crippen LogP contribution in [0.2, 0.25) is 0 Å². The number of carbonyl (C=O) groups excluding carboxylic acids is 1. The van der Waals surface area contributed by atoms with Crippen LogP contribution >= 0.6 is 0 Å². The molecule has 0 unspecified atom stereocenters. The molecule has 0 spiro atoms. The summed E-state index contributed by atoms with van der Waals surface area (Å²) >= 11 is 0. The third-order valence-electron chi connectivity index (χ3n) is 3.72. The molecule has 0 saturated heterocycles. The van der Waals surface area contributed by atoms with Gasteiger partial charge in [-0.1, -0.05) is 24.3 Å². The van der Waals surface area contributed by atoms with Crippen LogP contribution in [0.25, 0.3) is 10.9 Å². The van der Waals surface area contributed by atoms with Crippen LogP contribution in [0.3, 0.4) is 0 Å². The first kappa shape index (κ1) is 13.2. The number of para-hydroxylation sites is 1. The summed E-state index contributed by atoms with van der Waals surface area (Å²) in [4.78, 5) is 12.4. The molecule has 0 bridgehead atoms. The van der Waals surface area contributed by atoms with E-state index in [1.165, 1.54) is 0 Å². The molecular weight excluding hydrogens is 262 g/mol. The topological polar surface area (TPSA) is 60.0 Å². The van der Waals surface area contributed by atoms with Gasteiger partial charge in [-0.25, -0.2) is 0 Å². The lowest BCUT2D eigenvalue weighted by Crippen LogP contribution is -2.15. The Hall–Kier alpha value is -2.75. The fourth-order valence-corrected chi connectivity index (χ4v) is 2.42. The van der Waals surface area contributed by atoms with Crippen molar-refractivity contribution in [2.45, 2.75) is 6.92 Å². The molecule has 0 atom stereocenters. The summed E-state index contributed by atoms with van der Waals surface area (Å²) < 4.78 is 1.89. The number of fused-ring (bicyclic) bond motifs is 1. The average molecular weight is 279 g/mol. The summed E-state index contributed by atoms with van der Waals surface area (Å²) in [5.41, 5.74) is 9.89. The van der Waals surface area contributed by atoms with Crippen LogP contribution in [-0.4, -0.2) is 10.5 Å². The minimum Gasteiger partial charge on any atom is -0.398 e. The second-order valence-corrected chi connectivity index (χ2v) is 5.17. The molecule has 4 heteroatoms. The Morgan fingerprint density at radius 2 is 1.90 bits per heavy atom. The van der Waals surface area contributed by atoms with Crippen molar-refractivity contribution in [2.75, 3.05) is 11.1 Å². The molecule has 3 rings (SSSR count). The normalized spacial score (nSPS) is 10.8. The molecule has 21 heavy (non-hydrogen) atoms. The first-order valence-corrected chi connectivity index (χ1v) is 6.78. The number of hydrogen-bond donors (Lipinski definition) is 2. The van der Waals surface area contributed by atoms with E-state index in [1.54, 1.807) is 6.07 Å². The average Bonchev–Trinajstić information content (AvgIpc) is 2.81. The zero-order chi connectivity index (χ0) is 15.0. The lowest BCUT2D eigenvalue weighted by atomic mass is 10.2. The number of benzene rings is 2. The van der Waals surface area contributed by atoms with Gasteiger partial charge in [-0.05, 0) is 36.8 Å². The van der Waals surface area contributed by atoms with Gasteiger partial charge in [-0.3, -0.25) is 4.79 Å². The van der Waals surface area contributed by atoms with Crippen LogP contribution in [0, 0.1) is 6.92 Å². The molecule has 0 fully saturated rings. The van der Waals surface area contributed by atoms with E-state index in [1.807, 2.05) is 61.0 Å². The van der Waals surface area contributed by atoms with Gasteiger partial charge in [0.2, 0.25) is 0 Å². The molecule has 1 amide bonds. The second kappa shape index (κ2) is 4.98. The maximum atomic E-state index is 12.4. The van der Waals surface area contributed by atoms with Crippen molar-refractivity contribution in [1.29, 1.82) is 0 Å². The fraction of sp³-hybridized carbons (Fsp3) is 0.118. The largest absolute Gasteiger partial charge is 0.398 e. The highest BCUT2D eigenvalue weighted by Crippen LogP contribution is 2.21. The van der Waals surface area contributed by atoms with Gasteiger partial charge >= 0.3 is 0 Å². The molecule has 0 aliphatic rings. The Bertz CT molecular complexity index is 833.